The van der Waals surface area contributed by atoms with Crippen LogP contribution < -0.4 is 15.4 Å². The van der Waals surface area contributed by atoms with Crippen molar-refractivity contribution in [2.75, 3.05) is 33.9 Å². The fourth-order valence-corrected chi connectivity index (χ4v) is 3.58. The molecule has 2 aromatic carbocycles. The topological polar surface area (TPSA) is 54.9 Å². The summed E-state index contributed by atoms with van der Waals surface area (Å²) in [6, 6.07) is 14.8. The first kappa shape index (κ1) is 20.1. The molecule has 0 aromatic heterocycles. The molecular weight excluding hydrogens is 357 g/mol. The fourth-order valence-electron chi connectivity index (χ4n) is 3.58. The number of benzene rings is 2. The van der Waals surface area contributed by atoms with E-state index in [1.54, 1.807) is 20.2 Å². The van der Waals surface area contributed by atoms with Gasteiger partial charge in [0, 0.05) is 38.8 Å². The summed E-state index contributed by atoms with van der Waals surface area (Å²) in [5.74, 6) is 1.32. The third-order valence-electron chi connectivity index (χ3n) is 5.32. The summed E-state index contributed by atoms with van der Waals surface area (Å²) < 4.78 is 24.3. The highest BCUT2D eigenvalue weighted by atomic mass is 19.1. The van der Waals surface area contributed by atoms with Crippen molar-refractivity contribution in [3.8, 4) is 5.75 Å². The predicted molar refractivity (Wildman–Crippen MR) is 109 cm³/mol. The summed E-state index contributed by atoms with van der Waals surface area (Å²) in [5.41, 5.74) is 2.12. The smallest absolute Gasteiger partial charge is 0.191 e. The van der Waals surface area contributed by atoms with Crippen LogP contribution in [0.5, 0.6) is 5.75 Å². The molecule has 0 radical (unpaired) electrons. The van der Waals surface area contributed by atoms with Crippen molar-refractivity contribution in [2.45, 2.75) is 24.8 Å². The van der Waals surface area contributed by atoms with Crippen LogP contribution in [-0.2, 0) is 16.7 Å². The zero-order valence-corrected chi connectivity index (χ0v) is 16.5. The molecule has 1 aliphatic heterocycles. The number of methoxy groups -OCH3 is 1. The van der Waals surface area contributed by atoms with Crippen molar-refractivity contribution in [2.24, 2.45) is 4.99 Å². The van der Waals surface area contributed by atoms with E-state index < -0.39 is 0 Å². The first-order valence-corrected chi connectivity index (χ1v) is 9.56. The minimum absolute atomic E-state index is 0.0268. The Hall–Kier alpha value is -2.60. The van der Waals surface area contributed by atoms with Gasteiger partial charge in [-0.3, -0.25) is 4.99 Å². The van der Waals surface area contributed by atoms with Gasteiger partial charge in [0.2, 0.25) is 0 Å². The maximum atomic E-state index is 13.4. The number of rotatable bonds is 6. The number of nitrogens with zero attached hydrogens (tertiary/aromatic N) is 1. The summed E-state index contributed by atoms with van der Waals surface area (Å²) >= 11 is 0. The molecule has 1 saturated heterocycles. The fraction of sp³-hybridized carbons (Fsp3) is 0.409. The SMILES string of the molecule is CN=C(NCc1cccc(F)c1)NCC1(c2ccc(OC)cc2)CCOCC1. The molecular formula is C22H28FN3O2. The molecule has 1 heterocycles. The number of nitrogens with one attached hydrogen (secondary N) is 2. The molecule has 0 saturated carbocycles. The van der Waals surface area contributed by atoms with Gasteiger partial charge in [-0.15, -0.1) is 0 Å². The zero-order valence-electron chi connectivity index (χ0n) is 16.5. The standard InChI is InChI=1S/C22H28FN3O2/c1-24-21(25-15-17-4-3-5-19(23)14-17)26-16-22(10-12-28-13-11-22)18-6-8-20(27-2)9-7-18/h3-9,14H,10-13,15-16H2,1-2H3,(H2,24,25,26). The maximum Gasteiger partial charge on any atom is 0.191 e. The lowest BCUT2D eigenvalue weighted by Gasteiger charge is -2.38. The monoisotopic (exact) mass is 385 g/mol. The highest BCUT2D eigenvalue weighted by Gasteiger charge is 2.34. The molecule has 0 aliphatic carbocycles. The van der Waals surface area contributed by atoms with Gasteiger partial charge in [0.05, 0.1) is 7.11 Å². The van der Waals surface area contributed by atoms with Crippen LogP contribution in [0.3, 0.4) is 0 Å². The summed E-state index contributed by atoms with van der Waals surface area (Å²) in [4.78, 5) is 4.31. The largest absolute Gasteiger partial charge is 0.497 e. The van der Waals surface area contributed by atoms with Crippen LogP contribution in [0, 0.1) is 5.82 Å². The van der Waals surface area contributed by atoms with E-state index in [4.69, 9.17) is 9.47 Å². The van der Waals surface area contributed by atoms with Gasteiger partial charge in [-0.1, -0.05) is 24.3 Å². The van der Waals surface area contributed by atoms with Gasteiger partial charge in [-0.2, -0.15) is 0 Å². The highest BCUT2D eigenvalue weighted by molar-refractivity contribution is 5.79. The number of guanidine groups is 1. The average Bonchev–Trinajstić information content (AvgIpc) is 2.74. The van der Waals surface area contributed by atoms with Gasteiger partial charge in [-0.25, -0.2) is 4.39 Å². The molecule has 0 bridgehead atoms. The number of ether oxygens (including phenoxy) is 2. The van der Waals surface area contributed by atoms with Crippen molar-refractivity contribution < 1.29 is 13.9 Å². The van der Waals surface area contributed by atoms with Crippen molar-refractivity contribution in [1.82, 2.24) is 10.6 Å². The van der Waals surface area contributed by atoms with Gasteiger partial charge in [0.25, 0.3) is 0 Å². The van der Waals surface area contributed by atoms with E-state index in [0.29, 0.717) is 12.5 Å². The van der Waals surface area contributed by atoms with Crippen molar-refractivity contribution in [1.29, 1.82) is 0 Å². The second kappa shape index (κ2) is 9.55. The third-order valence-corrected chi connectivity index (χ3v) is 5.32. The molecule has 1 aliphatic rings. The van der Waals surface area contributed by atoms with E-state index >= 15 is 0 Å². The second-order valence-corrected chi connectivity index (χ2v) is 7.03. The molecule has 3 rings (SSSR count). The third kappa shape index (κ3) is 5.01. The van der Waals surface area contributed by atoms with E-state index in [-0.39, 0.29) is 11.2 Å². The van der Waals surface area contributed by atoms with E-state index in [2.05, 4.69) is 27.8 Å². The highest BCUT2D eigenvalue weighted by Crippen LogP contribution is 2.35. The Kier molecular flexibility index (Phi) is 6.87. The quantitative estimate of drug-likeness (QED) is 0.592. The summed E-state index contributed by atoms with van der Waals surface area (Å²) in [7, 11) is 3.42. The summed E-state index contributed by atoms with van der Waals surface area (Å²) in [6.45, 7) is 2.73. The van der Waals surface area contributed by atoms with E-state index in [0.717, 1.165) is 43.9 Å². The van der Waals surface area contributed by atoms with Gasteiger partial charge >= 0.3 is 0 Å². The first-order valence-electron chi connectivity index (χ1n) is 9.56. The Morgan fingerprint density at radius 1 is 1.14 bits per heavy atom. The number of aliphatic imine (C=N–C) groups is 1. The van der Waals surface area contributed by atoms with E-state index in [1.807, 2.05) is 18.2 Å². The maximum absolute atomic E-state index is 13.4. The summed E-state index contributed by atoms with van der Waals surface area (Å²) in [5, 5.41) is 6.71. The molecule has 28 heavy (non-hydrogen) atoms. The van der Waals surface area contributed by atoms with Gasteiger partial charge in [0.15, 0.2) is 5.96 Å². The molecule has 150 valence electrons. The van der Waals surface area contributed by atoms with Crippen molar-refractivity contribution in [3.05, 3.63) is 65.5 Å². The van der Waals surface area contributed by atoms with Gasteiger partial charge < -0.3 is 20.1 Å². The van der Waals surface area contributed by atoms with Gasteiger partial charge in [-0.05, 0) is 48.2 Å². The van der Waals surface area contributed by atoms with E-state index in [9.17, 15) is 4.39 Å². The molecule has 5 nitrogen and oxygen atoms in total. The lowest BCUT2D eigenvalue weighted by Crippen LogP contribution is -2.47. The van der Waals surface area contributed by atoms with Crippen molar-refractivity contribution in [3.63, 3.8) is 0 Å². The Morgan fingerprint density at radius 2 is 1.89 bits per heavy atom. The summed E-state index contributed by atoms with van der Waals surface area (Å²) in [6.07, 6.45) is 1.88. The molecule has 0 spiro atoms. The Labute approximate surface area is 166 Å². The van der Waals surface area contributed by atoms with Crippen LogP contribution in [0.4, 0.5) is 4.39 Å². The number of hydrogen-bond donors (Lipinski definition) is 2. The molecule has 0 amide bonds. The van der Waals surface area contributed by atoms with E-state index in [1.165, 1.54) is 17.7 Å². The van der Waals surface area contributed by atoms with Crippen LogP contribution in [0.1, 0.15) is 24.0 Å². The first-order chi connectivity index (χ1) is 13.6. The molecule has 6 heteroatoms. The molecule has 2 aromatic rings. The second-order valence-electron chi connectivity index (χ2n) is 7.03. The molecule has 2 N–H and O–H groups in total. The zero-order chi connectivity index (χ0) is 19.8. The van der Waals surface area contributed by atoms with Crippen LogP contribution >= 0.6 is 0 Å². The number of hydrogen-bond acceptors (Lipinski definition) is 3. The Bertz CT molecular complexity index is 787. The lowest BCUT2D eigenvalue weighted by atomic mass is 9.74. The van der Waals surface area contributed by atoms with Crippen LogP contribution in [0.2, 0.25) is 0 Å². The van der Waals surface area contributed by atoms with Crippen LogP contribution in [0.25, 0.3) is 0 Å². The number of halogens is 1. The average molecular weight is 385 g/mol. The minimum atomic E-state index is -0.233. The predicted octanol–water partition coefficient (Wildman–Crippen LogP) is 3.25. The molecule has 0 unspecified atom stereocenters. The van der Waals surface area contributed by atoms with Crippen LogP contribution in [0.15, 0.2) is 53.5 Å². The lowest BCUT2D eigenvalue weighted by molar-refractivity contribution is 0.0513. The molecule has 0 atom stereocenters. The Balaban J connectivity index is 1.66. The van der Waals surface area contributed by atoms with Crippen LogP contribution in [-0.4, -0.2) is 39.9 Å². The minimum Gasteiger partial charge on any atom is -0.497 e. The molecule has 1 fully saturated rings. The van der Waals surface area contributed by atoms with Crippen molar-refractivity contribution >= 4 is 5.96 Å². The van der Waals surface area contributed by atoms with Gasteiger partial charge in [0.1, 0.15) is 11.6 Å². The Morgan fingerprint density at radius 3 is 2.54 bits per heavy atom. The normalized spacial score (nSPS) is 16.5.